The quantitative estimate of drug-likeness (QED) is 0.180. The van der Waals surface area contributed by atoms with Crippen LogP contribution in [0.4, 0.5) is 0 Å². The third-order valence-corrected chi connectivity index (χ3v) is 8.72. The van der Waals surface area contributed by atoms with E-state index in [1.54, 1.807) is 0 Å². The molecule has 7 nitrogen and oxygen atoms in total. The first-order valence-electron chi connectivity index (χ1n) is 16.1. The van der Waals surface area contributed by atoms with E-state index < -0.39 is 0 Å². The van der Waals surface area contributed by atoms with Crippen LogP contribution in [0.15, 0.2) is 122 Å². The van der Waals surface area contributed by atoms with Crippen molar-refractivity contribution in [3.05, 3.63) is 144 Å². The topological polar surface area (TPSA) is 66.9 Å². The number of aromatic nitrogens is 4. The maximum Gasteiger partial charge on any atom is 0.222 e. The van der Waals surface area contributed by atoms with Gasteiger partial charge in [0.05, 0.1) is 30.3 Å². The van der Waals surface area contributed by atoms with Gasteiger partial charge in [-0.1, -0.05) is 86.1 Å². The predicted octanol–water partition coefficient (Wildman–Crippen LogP) is 7.25. The molecule has 45 heavy (non-hydrogen) atoms. The molecule has 1 fully saturated rings. The van der Waals surface area contributed by atoms with E-state index in [2.05, 4.69) is 91.8 Å². The van der Waals surface area contributed by atoms with Gasteiger partial charge in [-0.05, 0) is 54.2 Å². The largest absolute Gasteiger partial charge is 0.336 e. The SMILES string of the molecule is CCCC(CNCc1cnc2ccccn12)c1ccccc1.O=C1CCC(c2ccccc2)CN1Cc1cnc2ccccn12. The zero-order valence-corrected chi connectivity index (χ0v) is 26.0. The van der Waals surface area contributed by atoms with Crippen LogP contribution in [0.1, 0.15) is 67.0 Å². The molecule has 0 bridgehead atoms. The van der Waals surface area contributed by atoms with Crippen molar-refractivity contribution < 1.29 is 4.79 Å². The van der Waals surface area contributed by atoms with E-state index in [0.29, 0.717) is 24.8 Å². The molecule has 0 aliphatic carbocycles. The van der Waals surface area contributed by atoms with Gasteiger partial charge in [-0.2, -0.15) is 0 Å². The Kier molecular flexibility index (Phi) is 9.97. The van der Waals surface area contributed by atoms with Crippen LogP contribution in [-0.2, 0) is 17.9 Å². The number of nitrogens with zero attached hydrogens (tertiary/aromatic N) is 5. The summed E-state index contributed by atoms with van der Waals surface area (Å²) in [6.45, 7) is 5.49. The number of hydrogen-bond donors (Lipinski definition) is 1. The summed E-state index contributed by atoms with van der Waals surface area (Å²) in [6, 6.07) is 33.3. The molecule has 2 unspecified atom stereocenters. The van der Waals surface area contributed by atoms with Crippen LogP contribution in [0.2, 0.25) is 0 Å². The van der Waals surface area contributed by atoms with Gasteiger partial charge in [-0.3, -0.25) is 4.79 Å². The normalized spacial score (nSPS) is 15.6. The molecule has 4 aromatic heterocycles. The summed E-state index contributed by atoms with van der Waals surface area (Å²) in [5.74, 6) is 1.24. The van der Waals surface area contributed by atoms with E-state index in [-0.39, 0.29) is 5.91 Å². The first kappa shape index (κ1) is 30.3. The summed E-state index contributed by atoms with van der Waals surface area (Å²) >= 11 is 0. The second-order valence-electron chi connectivity index (χ2n) is 11.8. The Morgan fingerprint density at radius 1 is 0.800 bits per heavy atom. The van der Waals surface area contributed by atoms with Gasteiger partial charge in [0, 0.05) is 44.4 Å². The molecule has 7 rings (SSSR count). The molecule has 2 atom stereocenters. The van der Waals surface area contributed by atoms with Crippen LogP contribution in [-0.4, -0.2) is 42.7 Å². The average molecular weight is 599 g/mol. The van der Waals surface area contributed by atoms with Crippen molar-refractivity contribution in [3.8, 4) is 0 Å². The molecular formula is C38H42N6O. The zero-order chi connectivity index (χ0) is 30.8. The fourth-order valence-electron chi connectivity index (χ4n) is 6.31. The fourth-order valence-corrected chi connectivity index (χ4v) is 6.31. The summed E-state index contributed by atoms with van der Waals surface area (Å²) < 4.78 is 4.20. The van der Waals surface area contributed by atoms with Crippen LogP contribution >= 0.6 is 0 Å². The molecule has 1 aliphatic rings. The second-order valence-corrected chi connectivity index (χ2v) is 11.8. The van der Waals surface area contributed by atoms with E-state index in [4.69, 9.17) is 0 Å². The number of imidazole rings is 2. The zero-order valence-electron chi connectivity index (χ0n) is 26.0. The second kappa shape index (κ2) is 14.8. The van der Waals surface area contributed by atoms with E-state index >= 15 is 0 Å². The number of nitrogens with one attached hydrogen (secondary N) is 1. The molecule has 5 heterocycles. The minimum atomic E-state index is 0.239. The lowest BCUT2D eigenvalue weighted by atomic mass is 9.90. The first-order chi connectivity index (χ1) is 22.2. The maximum atomic E-state index is 12.3. The van der Waals surface area contributed by atoms with E-state index in [1.165, 1.54) is 29.7 Å². The smallest absolute Gasteiger partial charge is 0.222 e. The molecule has 1 N–H and O–H groups in total. The molecule has 1 aliphatic heterocycles. The van der Waals surface area contributed by atoms with Gasteiger partial charge >= 0.3 is 0 Å². The molecule has 0 spiro atoms. The lowest BCUT2D eigenvalue weighted by Gasteiger charge is -2.32. The fraction of sp³-hybridized carbons (Fsp3) is 0.289. The van der Waals surface area contributed by atoms with Gasteiger partial charge in [0.15, 0.2) is 0 Å². The minimum Gasteiger partial charge on any atom is -0.336 e. The van der Waals surface area contributed by atoms with Gasteiger partial charge in [-0.15, -0.1) is 0 Å². The number of fused-ring (bicyclic) bond motifs is 2. The summed E-state index contributed by atoms with van der Waals surface area (Å²) in [4.78, 5) is 23.1. The summed E-state index contributed by atoms with van der Waals surface area (Å²) in [7, 11) is 0. The Bertz CT molecular complexity index is 1790. The maximum absolute atomic E-state index is 12.3. The Hall–Kier alpha value is -4.75. The van der Waals surface area contributed by atoms with Crippen LogP contribution < -0.4 is 5.32 Å². The molecule has 2 aromatic carbocycles. The van der Waals surface area contributed by atoms with Crippen molar-refractivity contribution in [1.82, 2.24) is 29.0 Å². The Balaban J connectivity index is 0.000000159. The number of benzene rings is 2. The number of rotatable bonds is 10. The number of likely N-dealkylation sites (tertiary alicyclic amines) is 1. The summed E-state index contributed by atoms with van der Waals surface area (Å²) in [5, 5.41) is 3.60. The highest BCUT2D eigenvalue weighted by atomic mass is 16.2. The number of piperidine rings is 1. The molecule has 230 valence electrons. The minimum absolute atomic E-state index is 0.239. The van der Waals surface area contributed by atoms with Gasteiger partial charge in [0.2, 0.25) is 5.91 Å². The molecule has 7 heteroatoms. The highest BCUT2D eigenvalue weighted by Crippen LogP contribution is 2.28. The number of hydrogen-bond acceptors (Lipinski definition) is 4. The molecule has 1 amide bonds. The Labute approximate surface area is 265 Å². The van der Waals surface area contributed by atoms with Crippen molar-refractivity contribution in [3.63, 3.8) is 0 Å². The lowest BCUT2D eigenvalue weighted by Crippen LogP contribution is -2.38. The highest BCUT2D eigenvalue weighted by Gasteiger charge is 2.27. The Morgan fingerprint density at radius 2 is 1.42 bits per heavy atom. The van der Waals surface area contributed by atoms with Gasteiger partial charge in [0.1, 0.15) is 11.3 Å². The van der Waals surface area contributed by atoms with E-state index in [1.807, 2.05) is 66.0 Å². The highest BCUT2D eigenvalue weighted by molar-refractivity contribution is 5.77. The summed E-state index contributed by atoms with van der Waals surface area (Å²) in [6.07, 6.45) is 11.9. The number of amides is 1. The predicted molar refractivity (Wildman–Crippen MR) is 180 cm³/mol. The van der Waals surface area contributed by atoms with E-state index in [9.17, 15) is 4.79 Å². The van der Waals surface area contributed by atoms with Crippen LogP contribution in [0.5, 0.6) is 0 Å². The van der Waals surface area contributed by atoms with Crippen LogP contribution in [0.25, 0.3) is 11.3 Å². The number of carbonyl (C=O) groups is 1. The van der Waals surface area contributed by atoms with Gasteiger partial charge in [-0.25, -0.2) is 9.97 Å². The molecular weight excluding hydrogens is 556 g/mol. The van der Waals surface area contributed by atoms with Crippen LogP contribution in [0, 0.1) is 0 Å². The first-order valence-corrected chi connectivity index (χ1v) is 16.1. The standard InChI is InChI=1S/C19H19N3O.C19H23N3/c23-19-10-9-16(15-6-2-1-3-7-15)13-21(19)14-17-12-20-18-8-4-5-11-22(17)18;1-2-8-17(16-9-4-3-5-10-16)13-20-14-18-15-21-19-11-6-7-12-22(18)19/h1-8,11-12,16H,9-10,13-14H2;3-7,9-12,15,17,20H,2,8,13-14H2,1H3. The molecule has 6 aromatic rings. The Morgan fingerprint density at radius 3 is 2.11 bits per heavy atom. The van der Waals surface area contributed by atoms with E-state index in [0.717, 1.165) is 43.0 Å². The molecule has 0 saturated carbocycles. The third-order valence-electron chi connectivity index (χ3n) is 8.72. The van der Waals surface area contributed by atoms with Crippen molar-refractivity contribution in [1.29, 1.82) is 0 Å². The van der Waals surface area contributed by atoms with Gasteiger partial charge in [0.25, 0.3) is 0 Å². The van der Waals surface area contributed by atoms with Crippen molar-refractivity contribution in [2.45, 2.75) is 57.5 Å². The third kappa shape index (κ3) is 7.49. The van der Waals surface area contributed by atoms with Crippen molar-refractivity contribution >= 4 is 17.2 Å². The lowest BCUT2D eigenvalue weighted by molar-refractivity contribution is -0.134. The van der Waals surface area contributed by atoms with Gasteiger partial charge < -0.3 is 19.0 Å². The van der Waals surface area contributed by atoms with Crippen LogP contribution in [0.3, 0.4) is 0 Å². The summed E-state index contributed by atoms with van der Waals surface area (Å²) in [5.41, 5.74) is 6.94. The number of carbonyl (C=O) groups excluding carboxylic acids is 1. The molecule has 0 radical (unpaired) electrons. The average Bonchev–Trinajstić information content (AvgIpc) is 3.70. The monoisotopic (exact) mass is 598 g/mol. The molecule has 1 saturated heterocycles. The van der Waals surface area contributed by atoms with Crippen molar-refractivity contribution in [2.24, 2.45) is 0 Å². The number of pyridine rings is 2. The van der Waals surface area contributed by atoms with Crippen molar-refractivity contribution in [2.75, 3.05) is 13.1 Å².